The lowest BCUT2D eigenvalue weighted by atomic mass is 10.1. The smallest absolute Gasteiger partial charge is 0.0905 e. The largest absolute Gasteiger partial charge is 0.385 e. The van der Waals surface area contributed by atoms with Crippen LogP contribution in [0, 0.1) is 12.3 Å². The highest BCUT2D eigenvalue weighted by molar-refractivity contribution is 8.04. The number of terminal acetylenes is 1. The number of hydrogen-bond acceptors (Lipinski definition) is 2. The average Bonchev–Trinajstić information content (AvgIpc) is 1.81. The van der Waals surface area contributed by atoms with Gasteiger partial charge in [0.15, 0.2) is 0 Å². The van der Waals surface area contributed by atoms with Crippen molar-refractivity contribution in [2.45, 2.75) is 45.0 Å². The third-order valence-corrected chi connectivity index (χ3v) is 2.68. The molecule has 0 rings (SSSR count). The maximum absolute atomic E-state index is 9.79. The second-order valence-electron chi connectivity index (χ2n) is 4.45. The van der Waals surface area contributed by atoms with Crippen LogP contribution in [-0.4, -0.2) is 15.5 Å². The molecule has 0 spiro atoms. The minimum atomic E-state index is -0.843. The molecule has 1 nitrogen and oxygen atoms in total. The molecule has 0 unspecified atom stereocenters. The van der Waals surface area contributed by atoms with Gasteiger partial charge in [0.05, 0.1) is 5.60 Å². The van der Waals surface area contributed by atoms with Gasteiger partial charge in [0.2, 0.25) is 0 Å². The van der Waals surface area contributed by atoms with Crippen LogP contribution >= 0.6 is 11.8 Å². The number of aliphatic hydroxyl groups is 1. The van der Waals surface area contributed by atoms with Crippen molar-refractivity contribution in [3.8, 4) is 12.3 Å². The molecule has 2 heteroatoms. The molecule has 0 fully saturated rings. The molecular weight excluding hydrogens is 180 g/mol. The van der Waals surface area contributed by atoms with Gasteiger partial charge in [0.1, 0.15) is 0 Å². The molecule has 0 saturated carbocycles. The summed E-state index contributed by atoms with van der Waals surface area (Å²) < 4.78 is 0.0721. The van der Waals surface area contributed by atoms with E-state index in [0.29, 0.717) is 0 Å². The Balaban J connectivity index is 4.70. The van der Waals surface area contributed by atoms with Crippen LogP contribution in [0.25, 0.3) is 0 Å². The molecule has 0 aromatic carbocycles. The first-order valence-electron chi connectivity index (χ1n) is 4.25. The van der Waals surface area contributed by atoms with Crippen molar-refractivity contribution in [2.75, 3.05) is 0 Å². The molecule has 74 valence electrons. The van der Waals surface area contributed by atoms with Crippen molar-refractivity contribution in [3.63, 3.8) is 0 Å². The first-order chi connectivity index (χ1) is 5.67. The highest BCUT2D eigenvalue weighted by Gasteiger charge is 2.24. The predicted octanol–water partition coefficient (Wildman–Crippen LogP) is 2.81. The monoisotopic (exact) mass is 198 g/mol. The van der Waals surface area contributed by atoms with Crippen LogP contribution in [0.5, 0.6) is 0 Å². The van der Waals surface area contributed by atoms with E-state index in [9.17, 15) is 5.11 Å². The van der Waals surface area contributed by atoms with Gasteiger partial charge >= 0.3 is 0 Å². The van der Waals surface area contributed by atoms with E-state index in [0.717, 1.165) is 4.91 Å². The third-order valence-electron chi connectivity index (χ3n) is 1.23. The van der Waals surface area contributed by atoms with E-state index >= 15 is 0 Å². The maximum atomic E-state index is 9.79. The molecule has 0 saturated heterocycles. The third kappa shape index (κ3) is 5.79. The molecule has 0 aliphatic heterocycles. The van der Waals surface area contributed by atoms with Crippen LogP contribution in [0.2, 0.25) is 0 Å². The molecule has 0 aliphatic carbocycles. The summed E-state index contributed by atoms with van der Waals surface area (Å²) >= 11 is 1.60. The fourth-order valence-corrected chi connectivity index (χ4v) is 1.77. The highest BCUT2D eigenvalue weighted by atomic mass is 32.2. The van der Waals surface area contributed by atoms with E-state index in [4.69, 9.17) is 6.42 Å². The molecule has 0 atom stereocenters. The molecule has 0 amide bonds. The summed E-state index contributed by atoms with van der Waals surface area (Å²) in [6.45, 7) is 9.76. The van der Waals surface area contributed by atoms with Gasteiger partial charge in [-0.25, -0.2) is 0 Å². The average molecular weight is 198 g/mol. The summed E-state index contributed by atoms with van der Waals surface area (Å²) in [5.74, 6) is 2.45. The van der Waals surface area contributed by atoms with Gasteiger partial charge in [0.25, 0.3) is 0 Å². The number of hydrogen-bond donors (Lipinski definition) is 1. The summed E-state index contributed by atoms with van der Waals surface area (Å²) in [5.41, 5.74) is -0.843. The Bertz CT molecular complexity index is 232. The lowest BCUT2D eigenvalue weighted by Gasteiger charge is -2.27. The Hall–Kier alpha value is -0.390. The minimum absolute atomic E-state index is 0.0721. The maximum Gasteiger partial charge on any atom is 0.0905 e. The lowest BCUT2D eigenvalue weighted by Crippen LogP contribution is -2.23. The van der Waals surface area contributed by atoms with Crippen molar-refractivity contribution in [3.05, 3.63) is 11.0 Å². The summed E-state index contributed by atoms with van der Waals surface area (Å²) in [7, 11) is 0. The van der Waals surface area contributed by atoms with Crippen LogP contribution in [0.15, 0.2) is 11.0 Å². The van der Waals surface area contributed by atoms with Crippen molar-refractivity contribution in [1.82, 2.24) is 0 Å². The zero-order valence-electron chi connectivity index (χ0n) is 9.01. The standard InChI is InChI=1S/C11H18OS/c1-7-8-9(11(5,6)12)13-10(2,3)4/h1,8,12H,2-6H3/b9-8-. The van der Waals surface area contributed by atoms with Gasteiger partial charge in [-0.15, -0.1) is 18.2 Å². The van der Waals surface area contributed by atoms with E-state index in [2.05, 4.69) is 26.7 Å². The molecule has 0 bridgehead atoms. The van der Waals surface area contributed by atoms with Crippen molar-refractivity contribution in [1.29, 1.82) is 0 Å². The molecule has 0 aromatic heterocycles. The normalized spacial score (nSPS) is 14.1. The Morgan fingerprint density at radius 2 is 1.77 bits per heavy atom. The van der Waals surface area contributed by atoms with Gasteiger partial charge in [-0.1, -0.05) is 26.7 Å². The van der Waals surface area contributed by atoms with Crippen LogP contribution in [0.3, 0.4) is 0 Å². The van der Waals surface area contributed by atoms with E-state index in [-0.39, 0.29) is 4.75 Å². The number of thioether (sulfide) groups is 1. The lowest BCUT2D eigenvalue weighted by molar-refractivity contribution is 0.129. The van der Waals surface area contributed by atoms with Crippen molar-refractivity contribution in [2.24, 2.45) is 0 Å². The second-order valence-corrected chi connectivity index (χ2v) is 6.32. The fourth-order valence-electron chi connectivity index (χ4n) is 0.737. The van der Waals surface area contributed by atoms with Crippen LogP contribution < -0.4 is 0 Å². The molecular formula is C11H18OS. The van der Waals surface area contributed by atoms with E-state index in [1.54, 1.807) is 31.7 Å². The zero-order chi connectivity index (χ0) is 10.7. The first kappa shape index (κ1) is 12.6. The van der Waals surface area contributed by atoms with Crippen LogP contribution in [0.1, 0.15) is 34.6 Å². The summed E-state index contributed by atoms with van der Waals surface area (Å²) in [6, 6.07) is 0. The van der Waals surface area contributed by atoms with E-state index in [1.165, 1.54) is 0 Å². The van der Waals surface area contributed by atoms with Gasteiger partial charge in [-0.3, -0.25) is 0 Å². The second kappa shape index (κ2) is 4.21. The number of rotatable bonds is 2. The molecule has 13 heavy (non-hydrogen) atoms. The van der Waals surface area contributed by atoms with Gasteiger partial charge in [-0.05, 0) is 13.8 Å². The number of allylic oxidation sites excluding steroid dienone is 1. The Kier molecular flexibility index (Phi) is 4.09. The first-order valence-corrected chi connectivity index (χ1v) is 5.06. The van der Waals surface area contributed by atoms with Crippen molar-refractivity contribution >= 4 is 11.8 Å². The predicted molar refractivity (Wildman–Crippen MR) is 60.6 cm³/mol. The van der Waals surface area contributed by atoms with Gasteiger partial charge in [-0.2, -0.15) is 0 Å². The Morgan fingerprint density at radius 1 is 1.31 bits per heavy atom. The van der Waals surface area contributed by atoms with Gasteiger partial charge < -0.3 is 5.11 Å². The quantitative estimate of drug-likeness (QED) is 0.688. The van der Waals surface area contributed by atoms with Crippen LogP contribution in [-0.2, 0) is 0 Å². The highest BCUT2D eigenvalue weighted by Crippen LogP contribution is 2.36. The Morgan fingerprint density at radius 3 is 2.00 bits per heavy atom. The molecule has 0 aliphatic rings. The zero-order valence-corrected chi connectivity index (χ0v) is 9.83. The SMILES string of the molecule is C#C/C=C(\SC(C)(C)C)C(C)(C)O. The molecule has 0 heterocycles. The van der Waals surface area contributed by atoms with E-state index in [1.807, 2.05) is 0 Å². The van der Waals surface area contributed by atoms with Gasteiger partial charge in [0, 0.05) is 15.7 Å². The summed E-state index contributed by atoms with van der Waals surface area (Å²) in [5, 5.41) is 9.79. The van der Waals surface area contributed by atoms with Crippen molar-refractivity contribution < 1.29 is 5.11 Å². The molecule has 1 N–H and O–H groups in total. The molecule has 0 aromatic rings. The van der Waals surface area contributed by atoms with E-state index < -0.39 is 5.60 Å². The fraction of sp³-hybridized carbons (Fsp3) is 0.636. The van der Waals surface area contributed by atoms with Crippen LogP contribution in [0.4, 0.5) is 0 Å². The molecule has 0 radical (unpaired) electrons. The topological polar surface area (TPSA) is 20.2 Å². The Labute approximate surface area is 85.6 Å². The minimum Gasteiger partial charge on any atom is -0.385 e. The summed E-state index contributed by atoms with van der Waals surface area (Å²) in [4.78, 5) is 0.836. The summed E-state index contributed by atoms with van der Waals surface area (Å²) in [6.07, 6.45) is 6.83.